The van der Waals surface area contributed by atoms with Gasteiger partial charge in [-0.05, 0) is 57.8 Å². The van der Waals surface area contributed by atoms with Crippen LogP contribution in [0.3, 0.4) is 0 Å². The number of carbonyl (C=O) groups is 2. The van der Waals surface area contributed by atoms with E-state index in [1.165, 1.54) is 308 Å². The van der Waals surface area contributed by atoms with Crippen LogP contribution in [-0.2, 0) is 14.3 Å². The molecule has 0 spiro atoms. The number of allylic oxidation sites excluding steroid dienone is 4. The van der Waals surface area contributed by atoms with Gasteiger partial charge in [-0.2, -0.15) is 0 Å². The molecule has 0 radical (unpaired) electrons. The Morgan fingerprint density at radius 3 is 1.01 bits per heavy atom. The van der Waals surface area contributed by atoms with Crippen LogP contribution in [0.15, 0.2) is 24.3 Å². The Labute approximate surface area is 481 Å². The van der Waals surface area contributed by atoms with E-state index in [0.717, 1.165) is 51.4 Å². The second kappa shape index (κ2) is 66.8. The van der Waals surface area contributed by atoms with Crippen molar-refractivity contribution in [1.82, 2.24) is 5.32 Å². The van der Waals surface area contributed by atoms with Crippen molar-refractivity contribution >= 4 is 11.9 Å². The molecule has 0 aromatic rings. The first kappa shape index (κ1) is 75.3. The van der Waals surface area contributed by atoms with Gasteiger partial charge in [0, 0.05) is 12.8 Å². The molecule has 6 heteroatoms. The van der Waals surface area contributed by atoms with Crippen molar-refractivity contribution in [3.05, 3.63) is 24.3 Å². The Bertz CT molecular complexity index is 1200. The topological polar surface area (TPSA) is 95.9 Å². The Balaban J connectivity index is 3.39. The standard InChI is InChI=1S/C71H137NO5/c1-3-5-7-9-11-13-15-17-19-21-22-23-24-25-26-28-32-35-39-43-47-51-55-59-63-69(74)68(67-73)72-70(75)64-60-56-52-48-44-40-36-33-29-27-30-34-38-42-46-50-54-58-62-66-77-71(76)65-61-57-53-49-45-41-37-31-20-18-16-14-12-10-8-6-4-2/h12,14,18,20,68-69,73-74H,3-11,13,15-17,19,21-67H2,1-2H3,(H,72,75)/b14-12-,20-18-. The fourth-order valence-corrected chi connectivity index (χ4v) is 11.1. The number of hydrogen-bond acceptors (Lipinski definition) is 5. The molecule has 0 bridgehead atoms. The van der Waals surface area contributed by atoms with Gasteiger partial charge < -0.3 is 20.3 Å². The summed E-state index contributed by atoms with van der Waals surface area (Å²) in [7, 11) is 0. The molecule has 2 atom stereocenters. The van der Waals surface area contributed by atoms with Gasteiger partial charge in [0.05, 0.1) is 25.4 Å². The fraction of sp³-hybridized carbons (Fsp3) is 0.915. The van der Waals surface area contributed by atoms with Crippen molar-refractivity contribution in [2.45, 2.75) is 405 Å². The van der Waals surface area contributed by atoms with Crippen molar-refractivity contribution in [2.24, 2.45) is 0 Å². The van der Waals surface area contributed by atoms with E-state index in [0.29, 0.717) is 25.9 Å². The molecule has 6 nitrogen and oxygen atoms in total. The van der Waals surface area contributed by atoms with Crippen LogP contribution in [-0.4, -0.2) is 47.4 Å². The molecule has 2 unspecified atom stereocenters. The molecule has 77 heavy (non-hydrogen) atoms. The summed E-state index contributed by atoms with van der Waals surface area (Å²) in [6, 6.07) is -0.545. The molecule has 0 heterocycles. The van der Waals surface area contributed by atoms with Gasteiger partial charge in [0.15, 0.2) is 0 Å². The zero-order valence-electron chi connectivity index (χ0n) is 52.2. The minimum Gasteiger partial charge on any atom is -0.466 e. The lowest BCUT2D eigenvalue weighted by molar-refractivity contribution is -0.143. The lowest BCUT2D eigenvalue weighted by Gasteiger charge is -2.22. The second-order valence-corrected chi connectivity index (χ2v) is 24.2. The minimum atomic E-state index is -0.668. The van der Waals surface area contributed by atoms with Gasteiger partial charge in [-0.15, -0.1) is 0 Å². The van der Waals surface area contributed by atoms with E-state index in [4.69, 9.17) is 4.74 Å². The van der Waals surface area contributed by atoms with Crippen LogP contribution in [0.25, 0.3) is 0 Å². The van der Waals surface area contributed by atoms with Gasteiger partial charge >= 0.3 is 5.97 Å². The van der Waals surface area contributed by atoms with Crippen molar-refractivity contribution in [1.29, 1.82) is 0 Å². The first-order chi connectivity index (χ1) is 38.0. The summed E-state index contributed by atoms with van der Waals surface area (Å²) in [5.74, 6) is -0.0308. The van der Waals surface area contributed by atoms with E-state index >= 15 is 0 Å². The van der Waals surface area contributed by atoms with Crippen LogP contribution in [0.1, 0.15) is 393 Å². The lowest BCUT2D eigenvalue weighted by atomic mass is 10.0. The number of nitrogens with one attached hydrogen (secondary N) is 1. The number of aliphatic hydroxyl groups excluding tert-OH is 2. The molecular formula is C71H137NO5. The largest absolute Gasteiger partial charge is 0.466 e. The molecule has 1 amide bonds. The summed E-state index contributed by atoms with van der Waals surface area (Å²) in [6.45, 7) is 4.96. The van der Waals surface area contributed by atoms with E-state index in [2.05, 4.69) is 43.5 Å². The van der Waals surface area contributed by atoms with Gasteiger partial charge in [0.2, 0.25) is 5.91 Å². The average molecular weight is 1080 g/mol. The van der Waals surface area contributed by atoms with Gasteiger partial charge in [0.1, 0.15) is 0 Å². The number of unbranched alkanes of at least 4 members (excludes halogenated alkanes) is 51. The summed E-state index contributed by atoms with van der Waals surface area (Å²) in [5, 5.41) is 23.4. The van der Waals surface area contributed by atoms with Crippen LogP contribution >= 0.6 is 0 Å². The third kappa shape index (κ3) is 63.4. The highest BCUT2D eigenvalue weighted by atomic mass is 16.5. The maximum Gasteiger partial charge on any atom is 0.305 e. The Hall–Kier alpha value is -1.66. The summed E-state index contributed by atoms with van der Waals surface area (Å²) in [4.78, 5) is 24.6. The maximum absolute atomic E-state index is 12.6. The zero-order chi connectivity index (χ0) is 55.7. The minimum absolute atomic E-state index is 0.00249. The molecule has 0 fully saturated rings. The molecule has 0 rings (SSSR count). The Morgan fingerprint density at radius 1 is 0.364 bits per heavy atom. The molecule has 0 aliphatic carbocycles. The smallest absolute Gasteiger partial charge is 0.305 e. The predicted molar refractivity (Wildman–Crippen MR) is 338 cm³/mol. The van der Waals surface area contributed by atoms with Crippen LogP contribution in [0.4, 0.5) is 0 Å². The molecule has 456 valence electrons. The molecule has 0 saturated carbocycles. The number of aliphatic hydroxyl groups is 2. The zero-order valence-corrected chi connectivity index (χ0v) is 52.2. The summed E-state index contributed by atoms with van der Waals surface area (Å²) in [6.07, 6.45) is 83.5. The van der Waals surface area contributed by atoms with Crippen molar-refractivity contribution in [3.63, 3.8) is 0 Å². The number of hydrogen-bond donors (Lipinski definition) is 3. The monoisotopic (exact) mass is 1080 g/mol. The summed E-state index contributed by atoms with van der Waals surface area (Å²) in [5.41, 5.74) is 0. The fourth-order valence-electron chi connectivity index (χ4n) is 11.1. The van der Waals surface area contributed by atoms with E-state index in [1.54, 1.807) is 0 Å². The van der Waals surface area contributed by atoms with Crippen molar-refractivity contribution in [2.75, 3.05) is 13.2 Å². The number of amides is 1. The van der Waals surface area contributed by atoms with Crippen LogP contribution in [0.5, 0.6) is 0 Å². The van der Waals surface area contributed by atoms with Crippen LogP contribution in [0.2, 0.25) is 0 Å². The highest BCUT2D eigenvalue weighted by Gasteiger charge is 2.20. The summed E-state index contributed by atoms with van der Waals surface area (Å²) < 4.78 is 5.49. The molecule has 0 aromatic carbocycles. The third-order valence-electron chi connectivity index (χ3n) is 16.5. The van der Waals surface area contributed by atoms with Gasteiger partial charge in [-0.3, -0.25) is 9.59 Å². The van der Waals surface area contributed by atoms with Crippen LogP contribution in [0, 0.1) is 0 Å². The Kier molecular flexibility index (Phi) is 65.4. The molecule has 0 saturated heterocycles. The molecule has 0 aromatic heterocycles. The third-order valence-corrected chi connectivity index (χ3v) is 16.5. The summed E-state index contributed by atoms with van der Waals surface area (Å²) >= 11 is 0. The van der Waals surface area contributed by atoms with Crippen molar-refractivity contribution < 1.29 is 24.5 Å². The van der Waals surface area contributed by atoms with E-state index in [9.17, 15) is 19.8 Å². The second-order valence-electron chi connectivity index (χ2n) is 24.2. The highest BCUT2D eigenvalue weighted by Crippen LogP contribution is 2.19. The number of carbonyl (C=O) groups excluding carboxylic acids is 2. The van der Waals surface area contributed by atoms with E-state index in [-0.39, 0.29) is 18.5 Å². The first-order valence-corrected chi connectivity index (χ1v) is 35.1. The quantitative estimate of drug-likeness (QED) is 0.0320. The van der Waals surface area contributed by atoms with Crippen LogP contribution < -0.4 is 5.32 Å². The van der Waals surface area contributed by atoms with Gasteiger partial charge in [-0.1, -0.05) is 346 Å². The van der Waals surface area contributed by atoms with Gasteiger partial charge in [-0.25, -0.2) is 0 Å². The Morgan fingerprint density at radius 2 is 0.649 bits per heavy atom. The lowest BCUT2D eigenvalue weighted by Crippen LogP contribution is -2.45. The SMILES string of the molecule is CCCCC/C=C\C/C=C\CCCCCCCCCC(=O)OCCCCCCCCCCCCCCCCCCCCCC(=O)NC(CO)C(O)CCCCCCCCCCCCCCCCCCCCCCCCCC. The first-order valence-electron chi connectivity index (χ1n) is 35.1. The molecule has 0 aliphatic rings. The van der Waals surface area contributed by atoms with Crippen molar-refractivity contribution in [3.8, 4) is 0 Å². The average Bonchev–Trinajstić information content (AvgIpc) is 3.43. The maximum atomic E-state index is 12.6. The predicted octanol–water partition coefficient (Wildman–Crippen LogP) is 22.5. The van der Waals surface area contributed by atoms with E-state index in [1.807, 2.05) is 0 Å². The van der Waals surface area contributed by atoms with E-state index < -0.39 is 12.1 Å². The van der Waals surface area contributed by atoms with Gasteiger partial charge in [0.25, 0.3) is 0 Å². The number of rotatable bonds is 66. The molecular weight excluding hydrogens is 947 g/mol. The normalized spacial score (nSPS) is 12.6. The number of esters is 1. The molecule has 3 N–H and O–H groups in total. The number of ether oxygens (including phenoxy) is 1. The highest BCUT2D eigenvalue weighted by molar-refractivity contribution is 5.76. The molecule has 0 aliphatic heterocycles.